The van der Waals surface area contributed by atoms with Crippen molar-refractivity contribution in [1.29, 1.82) is 0 Å². The van der Waals surface area contributed by atoms with Crippen LogP contribution in [0.4, 0.5) is 4.79 Å². The molecule has 7 nitrogen and oxygen atoms in total. The van der Waals surface area contributed by atoms with Gasteiger partial charge in [-0.05, 0) is 56.6 Å². The normalized spacial score (nSPS) is 35.2. The molecule has 170 valence electrons. The summed E-state index contributed by atoms with van der Waals surface area (Å²) in [4.78, 5) is 28.9. The van der Waals surface area contributed by atoms with Crippen molar-refractivity contribution in [2.45, 2.75) is 76.2 Å². The lowest BCUT2D eigenvalue weighted by atomic mass is 9.76. The smallest absolute Gasteiger partial charge is 0.408 e. The summed E-state index contributed by atoms with van der Waals surface area (Å²) in [5.41, 5.74) is 1.39. The van der Waals surface area contributed by atoms with Gasteiger partial charge >= 0.3 is 6.09 Å². The van der Waals surface area contributed by atoms with E-state index < -0.39 is 12.2 Å². The van der Waals surface area contributed by atoms with E-state index in [0.717, 1.165) is 58.2 Å². The van der Waals surface area contributed by atoms with Crippen LogP contribution in [0.2, 0.25) is 0 Å². The Bertz CT molecular complexity index is 852. The largest absolute Gasteiger partial charge is 0.434 e. The molecule has 1 aliphatic carbocycles. The predicted molar refractivity (Wildman–Crippen MR) is 118 cm³/mol. The number of nitrogens with zero attached hydrogens (tertiary/aromatic N) is 1. The zero-order chi connectivity index (χ0) is 21.6. The van der Waals surface area contributed by atoms with Gasteiger partial charge in [0.05, 0.1) is 18.8 Å². The van der Waals surface area contributed by atoms with Crippen LogP contribution in [0.15, 0.2) is 6.07 Å². The highest BCUT2D eigenvalue weighted by molar-refractivity contribution is 7.12. The Labute approximate surface area is 187 Å². The standard InChI is InChI=1S/C23H33N3O4S/c1-3-17-10-18-20(31-17)4-7-29-23(18)5-6-26(14(2)11-23)13-15-8-16(9-15)25-21(27)19-12-24-22(28)30-19/h10,14-16,19H,3-9,11-13H2,1-2H3,(H,24,28)(H,25,27)/t14-,15?,16?,19?,23+/m0/s1. The van der Waals surface area contributed by atoms with Crippen LogP contribution in [0, 0.1) is 5.92 Å². The van der Waals surface area contributed by atoms with E-state index in [0.29, 0.717) is 12.0 Å². The number of aryl methyl sites for hydroxylation is 1. The number of rotatable bonds is 5. The number of thiophene rings is 1. The highest BCUT2D eigenvalue weighted by atomic mass is 32.1. The molecule has 1 aromatic rings. The predicted octanol–water partition coefficient (Wildman–Crippen LogP) is 2.57. The van der Waals surface area contributed by atoms with E-state index in [4.69, 9.17) is 9.47 Å². The lowest BCUT2D eigenvalue weighted by Gasteiger charge is -2.49. The van der Waals surface area contributed by atoms with Gasteiger partial charge in [0.15, 0.2) is 6.10 Å². The summed E-state index contributed by atoms with van der Waals surface area (Å²) < 4.78 is 11.4. The SMILES string of the molecule is CCc1cc2c(s1)CCO[C@@]21CCN(CC2CC(NC(=O)C3CNC(=O)O3)C2)[C@@H](C)C1. The van der Waals surface area contributed by atoms with Crippen molar-refractivity contribution >= 4 is 23.3 Å². The van der Waals surface area contributed by atoms with Crippen molar-refractivity contribution in [2.75, 3.05) is 26.2 Å². The molecule has 5 rings (SSSR count). The lowest BCUT2D eigenvalue weighted by molar-refractivity contribution is -0.130. The zero-order valence-corrected chi connectivity index (χ0v) is 19.3. The molecule has 1 unspecified atom stereocenters. The van der Waals surface area contributed by atoms with E-state index in [1.807, 2.05) is 11.3 Å². The van der Waals surface area contributed by atoms with E-state index in [2.05, 4.69) is 35.4 Å². The first kappa shape index (κ1) is 21.2. The summed E-state index contributed by atoms with van der Waals surface area (Å²) in [5, 5.41) is 5.55. The third-order valence-electron chi connectivity index (χ3n) is 7.51. The minimum atomic E-state index is -0.685. The van der Waals surface area contributed by atoms with Gasteiger partial charge in [-0.25, -0.2) is 4.79 Å². The fraction of sp³-hybridized carbons (Fsp3) is 0.739. The van der Waals surface area contributed by atoms with Gasteiger partial charge in [0.1, 0.15) is 0 Å². The molecule has 2 amide bonds. The molecule has 0 aromatic carbocycles. The zero-order valence-electron chi connectivity index (χ0n) is 18.4. The highest BCUT2D eigenvalue weighted by Crippen LogP contribution is 2.46. The summed E-state index contributed by atoms with van der Waals surface area (Å²) in [6.07, 6.45) is 5.10. The van der Waals surface area contributed by atoms with Crippen LogP contribution in [0.1, 0.15) is 54.8 Å². The molecule has 0 radical (unpaired) electrons. The van der Waals surface area contributed by atoms with E-state index >= 15 is 0 Å². The van der Waals surface area contributed by atoms with Gasteiger partial charge < -0.3 is 25.0 Å². The molecule has 3 fully saturated rings. The van der Waals surface area contributed by atoms with Crippen LogP contribution >= 0.6 is 11.3 Å². The van der Waals surface area contributed by atoms with Crippen molar-refractivity contribution in [3.63, 3.8) is 0 Å². The Kier molecular flexibility index (Phi) is 5.73. The average molecular weight is 448 g/mol. The number of carbonyl (C=O) groups excluding carboxylic acids is 2. The topological polar surface area (TPSA) is 79.9 Å². The summed E-state index contributed by atoms with van der Waals surface area (Å²) in [5.74, 6) is 0.435. The number of cyclic esters (lactones) is 1. The van der Waals surface area contributed by atoms with Gasteiger partial charge in [0, 0.05) is 41.3 Å². The van der Waals surface area contributed by atoms with Crippen molar-refractivity contribution < 1.29 is 19.1 Å². The fourth-order valence-corrected chi connectivity index (χ4v) is 6.89. The van der Waals surface area contributed by atoms with Crippen LogP contribution in [0.5, 0.6) is 0 Å². The number of likely N-dealkylation sites (tertiary alicyclic amines) is 1. The minimum Gasteiger partial charge on any atom is -0.434 e. The molecule has 2 saturated heterocycles. The molecule has 1 aromatic heterocycles. The Hall–Kier alpha value is -1.64. The number of hydrogen-bond acceptors (Lipinski definition) is 6. The molecule has 8 heteroatoms. The number of carbonyl (C=O) groups is 2. The summed E-state index contributed by atoms with van der Waals surface area (Å²) in [6, 6.07) is 3.10. The number of ether oxygens (including phenoxy) is 2. The van der Waals surface area contributed by atoms with Crippen LogP contribution in [-0.4, -0.2) is 61.3 Å². The first-order valence-corrected chi connectivity index (χ1v) is 12.5. The van der Waals surface area contributed by atoms with Crippen LogP contribution in [0.3, 0.4) is 0 Å². The maximum Gasteiger partial charge on any atom is 0.408 e. The number of alkyl carbamates (subject to hydrolysis) is 1. The van der Waals surface area contributed by atoms with E-state index in [9.17, 15) is 9.59 Å². The van der Waals surface area contributed by atoms with Crippen molar-refractivity contribution in [3.05, 3.63) is 21.4 Å². The second-order valence-electron chi connectivity index (χ2n) is 9.61. The monoisotopic (exact) mass is 447 g/mol. The van der Waals surface area contributed by atoms with Gasteiger partial charge in [0.2, 0.25) is 0 Å². The molecule has 1 saturated carbocycles. The molecule has 0 bridgehead atoms. The number of amides is 2. The van der Waals surface area contributed by atoms with Crippen LogP contribution < -0.4 is 10.6 Å². The first-order chi connectivity index (χ1) is 15.0. The van der Waals surface area contributed by atoms with E-state index in [1.54, 1.807) is 4.88 Å². The Morgan fingerprint density at radius 1 is 1.42 bits per heavy atom. The quantitative estimate of drug-likeness (QED) is 0.725. The first-order valence-electron chi connectivity index (χ1n) is 11.7. The summed E-state index contributed by atoms with van der Waals surface area (Å²) >= 11 is 1.98. The summed E-state index contributed by atoms with van der Waals surface area (Å²) in [7, 11) is 0. The molecule has 3 aliphatic heterocycles. The van der Waals surface area contributed by atoms with Gasteiger partial charge in [-0.3, -0.25) is 4.79 Å². The highest BCUT2D eigenvalue weighted by Gasteiger charge is 2.45. The molecule has 4 heterocycles. The number of hydrogen-bond donors (Lipinski definition) is 2. The number of piperidine rings is 1. The third-order valence-corrected chi connectivity index (χ3v) is 8.85. The molecular weight excluding hydrogens is 414 g/mol. The molecule has 4 aliphatic rings. The van der Waals surface area contributed by atoms with Gasteiger partial charge in [0.25, 0.3) is 5.91 Å². The van der Waals surface area contributed by atoms with E-state index in [-0.39, 0.29) is 24.1 Å². The second kappa shape index (κ2) is 8.37. The second-order valence-corrected chi connectivity index (χ2v) is 10.8. The van der Waals surface area contributed by atoms with Crippen LogP contribution in [-0.2, 0) is 32.7 Å². The molecular formula is C23H33N3O4S. The molecule has 31 heavy (non-hydrogen) atoms. The van der Waals surface area contributed by atoms with Crippen molar-refractivity contribution in [1.82, 2.24) is 15.5 Å². The average Bonchev–Trinajstić information content (AvgIpc) is 3.35. The van der Waals surface area contributed by atoms with Gasteiger partial charge in [-0.1, -0.05) is 6.92 Å². The Morgan fingerprint density at radius 2 is 2.26 bits per heavy atom. The molecule has 3 atom stereocenters. The van der Waals surface area contributed by atoms with Crippen LogP contribution in [0.25, 0.3) is 0 Å². The molecule has 2 N–H and O–H groups in total. The fourth-order valence-electron chi connectivity index (χ4n) is 5.71. The van der Waals surface area contributed by atoms with Gasteiger partial charge in [-0.2, -0.15) is 0 Å². The number of fused-ring (bicyclic) bond motifs is 2. The lowest BCUT2D eigenvalue weighted by Crippen LogP contribution is -2.55. The van der Waals surface area contributed by atoms with Crippen molar-refractivity contribution in [2.24, 2.45) is 5.92 Å². The Balaban J connectivity index is 1.12. The molecule has 1 spiro atoms. The minimum absolute atomic E-state index is 0.0870. The summed E-state index contributed by atoms with van der Waals surface area (Å²) in [6.45, 7) is 7.84. The maximum atomic E-state index is 12.2. The van der Waals surface area contributed by atoms with Crippen molar-refractivity contribution in [3.8, 4) is 0 Å². The van der Waals surface area contributed by atoms with Gasteiger partial charge in [-0.15, -0.1) is 11.3 Å². The third kappa shape index (κ3) is 4.10. The maximum absolute atomic E-state index is 12.2. The Morgan fingerprint density at radius 3 is 2.97 bits per heavy atom. The van der Waals surface area contributed by atoms with E-state index in [1.165, 1.54) is 10.4 Å². The number of nitrogens with one attached hydrogen (secondary N) is 2.